The number of nitriles is 1. The summed E-state index contributed by atoms with van der Waals surface area (Å²) in [5.74, 6) is 0. The summed E-state index contributed by atoms with van der Waals surface area (Å²) in [6.07, 6.45) is 0. The normalized spacial score (nSPS) is 11.6. The third kappa shape index (κ3) is 4.39. The van der Waals surface area contributed by atoms with E-state index in [-0.39, 0.29) is 0 Å². The van der Waals surface area contributed by atoms with Gasteiger partial charge >= 0.3 is 0 Å². The Morgan fingerprint density at radius 2 is 0.927 bits per heavy atom. The van der Waals surface area contributed by atoms with Gasteiger partial charge in [0.25, 0.3) is 0 Å². The Hall–Kier alpha value is -7.86. The first kappa shape index (κ1) is 30.7. The monoisotopic (exact) mass is 699 g/mol. The molecule has 0 aliphatic rings. The van der Waals surface area contributed by atoms with Crippen molar-refractivity contribution >= 4 is 71.1 Å². The lowest BCUT2D eigenvalue weighted by Crippen LogP contribution is -1.99. The molecule has 0 spiro atoms. The van der Waals surface area contributed by atoms with Crippen LogP contribution in [0.1, 0.15) is 5.56 Å². The number of hydrogen-bond donors (Lipinski definition) is 0. The van der Waals surface area contributed by atoms with Crippen LogP contribution in [0.2, 0.25) is 0 Å². The van der Waals surface area contributed by atoms with Crippen molar-refractivity contribution in [2.75, 3.05) is 0 Å². The maximum absolute atomic E-state index is 10.2. The van der Waals surface area contributed by atoms with Gasteiger partial charge < -0.3 is 13.7 Å². The van der Waals surface area contributed by atoms with Crippen LogP contribution >= 0.6 is 0 Å². The van der Waals surface area contributed by atoms with Gasteiger partial charge in [0.15, 0.2) is 0 Å². The van der Waals surface area contributed by atoms with Gasteiger partial charge in [-0.05, 0) is 71.8 Å². The molecule has 0 saturated carbocycles. The third-order valence-electron chi connectivity index (χ3n) is 11.1. The molecular weight excluding hydrogens is 671 g/mol. The molecule has 0 atom stereocenters. The predicted octanol–water partition coefficient (Wildman–Crippen LogP) is 13.1. The summed E-state index contributed by atoms with van der Waals surface area (Å²) in [4.78, 5) is 4.01. The van der Waals surface area contributed by atoms with Crippen molar-refractivity contribution in [3.8, 4) is 34.3 Å². The zero-order chi connectivity index (χ0) is 36.6. The van der Waals surface area contributed by atoms with Gasteiger partial charge in [-0.2, -0.15) is 5.26 Å². The summed E-state index contributed by atoms with van der Waals surface area (Å²) in [7, 11) is 0. The molecule has 5 heteroatoms. The number of aromatic nitrogens is 3. The Morgan fingerprint density at radius 1 is 0.436 bits per heavy atom. The molecule has 11 aromatic rings. The van der Waals surface area contributed by atoms with Gasteiger partial charge in [0.1, 0.15) is 6.07 Å². The fourth-order valence-electron chi connectivity index (χ4n) is 8.80. The molecule has 0 fully saturated rings. The number of benzene rings is 8. The first-order valence-electron chi connectivity index (χ1n) is 18.3. The summed E-state index contributed by atoms with van der Waals surface area (Å²) in [6, 6.07) is 63.6. The molecule has 254 valence electrons. The molecule has 0 aliphatic heterocycles. The van der Waals surface area contributed by atoms with Gasteiger partial charge in [0.2, 0.25) is 5.69 Å². The SMILES string of the molecule is [C-]#[N+]c1cccc(-c2ccc(-n3c4ccccc4c4cc(-n5c6ccccc6c6ccccc65)ccc43)cc2)c1-n1c2ccccc2c2cccc(C#N)c21. The van der Waals surface area contributed by atoms with E-state index in [1.54, 1.807) is 0 Å². The summed E-state index contributed by atoms with van der Waals surface area (Å²) < 4.78 is 6.82. The molecular formula is C50H29N5. The van der Waals surface area contributed by atoms with Crippen LogP contribution in [0, 0.1) is 17.9 Å². The molecule has 0 amide bonds. The van der Waals surface area contributed by atoms with Crippen LogP contribution in [0.5, 0.6) is 0 Å². The molecule has 8 aromatic carbocycles. The van der Waals surface area contributed by atoms with Gasteiger partial charge in [-0.1, -0.05) is 115 Å². The topological polar surface area (TPSA) is 42.9 Å². The fourth-order valence-corrected chi connectivity index (χ4v) is 8.80. The highest BCUT2D eigenvalue weighted by atomic mass is 15.0. The molecule has 0 aliphatic carbocycles. The highest BCUT2D eigenvalue weighted by Gasteiger charge is 2.21. The van der Waals surface area contributed by atoms with E-state index in [1.165, 1.54) is 32.6 Å². The molecule has 55 heavy (non-hydrogen) atoms. The molecule has 0 N–H and O–H groups in total. The Balaban J connectivity index is 1.09. The Morgan fingerprint density at radius 3 is 1.55 bits per heavy atom. The van der Waals surface area contributed by atoms with Crippen LogP contribution in [0.15, 0.2) is 176 Å². The summed E-state index contributed by atoms with van der Waals surface area (Å²) in [5.41, 5.74) is 12.4. The number of rotatable bonds is 4. The van der Waals surface area contributed by atoms with E-state index in [0.717, 1.165) is 61.0 Å². The molecule has 0 saturated heterocycles. The minimum Gasteiger partial charge on any atom is -0.317 e. The number of para-hydroxylation sites is 6. The number of nitrogens with zero attached hydrogens (tertiary/aromatic N) is 5. The van der Waals surface area contributed by atoms with Crippen LogP contribution in [-0.2, 0) is 0 Å². The van der Waals surface area contributed by atoms with Crippen molar-refractivity contribution in [3.05, 3.63) is 193 Å². The molecule has 5 nitrogen and oxygen atoms in total. The van der Waals surface area contributed by atoms with Crippen molar-refractivity contribution in [1.82, 2.24) is 13.7 Å². The zero-order valence-corrected chi connectivity index (χ0v) is 29.5. The minimum atomic E-state index is 0.526. The van der Waals surface area contributed by atoms with E-state index >= 15 is 0 Å². The maximum Gasteiger partial charge on any atom is 0.211 e. The second kappa shape index (κ2) is 11.8. The fraction of sp³-hybridized carbons (Fsp3) is 0. The number of hydrogen-bond acceptors (Lipinski definition) is 1. The zero-order valence-electron chi connectivity index (χ0n) is 29.5. The highest BCUT2D eigenvalue weighted by molar-refractivity contribution is 6.13. The lowest BCUT2D eigenvalue weighted by atomic mass is 10.0. The van der Waals surface area contributed by atoms with E-state index < -0.39 is 0 Å². The van der Waals surface area contributed by atoms with E-state index in [4.69, 9.17) is 6.57 Å². The lowest BCUT2D eigenvalue weighted by Gasteiger charge is -2.17. The van der Waals surface area contributed by atoms with Crippen LogP contribution in [0.3, 0.4) is 0 Å². The van der Waals surface area contributed by atoms with Crippen LogP contribution < -0.4 is 0 Å². The summed E-state index contributed by atoms with van der Waals surface area (Å²) in [6.45, 7) is 8.22. The predicted molar refractivity (Wildman–Crippen MR) is 226 cm³/mol. The molecule has 0 bridgehead atoms. The van der Waals surface area contributed by atoms with Gasteiger partial charge in [0.05, 0.1) is 50.9 Å². The van der Waals surface area contributed by atoms with Crippen LogP contribution in [-0.4, -0.2) is 13.7 Å². The van der Waals surface area contributed by atoms with Crippen molar-refractivity contribution in [3.63, 3.8) is 0 Å². The van der Waals surface area contributed by atoms with Gasteiger partial charge in [-0.15, -0.1) is 0 Å². The summed E-state index contributed by atoms with van der Waals surface area (Å²) >= 11 is 0. The van der Waals surface area contributed by atoms with Crippen LogP contribution in [0.25, 0.3) is 98.5 Å². The molecule has 3 heterocycles. The van der Waals surface area contributed by atoms with Gasteiger partial charge in [-0.25, -0.2) is 4.85 Å². The minimum absolute atomic E-state index is 0.526. The van der Waals surface area contributed by atoms with Gasteiger partial charge in [-0.3, -0.25) is 0 Å². The quantitative estimate of drug-likeness (QED) is 0.169. The Kier molecular flexibility index (Phi) is 6.61. The average Bonchev–Trinajstić information content (AvgIpc) is 3.89. The lowest BCUT2D eigenvalue weighted by molar-refractivity contribution is 1.16. The standard InChI is InChI=1S/C50H29N5/c1-52-43-19-11-17-36(50(43)55-47-23-9-4-15-39(47)41-18-10-12-33(31-51)49(41)55)32-24-26-34(27-25-32)53-46-22-8-5-16-40(46)42-30-35(28-29-48(42)53)54-44-20-6-2-13-37(44)38-14-3-7-21-45(38)54/h2-30H. The third-order valence-corrected chi connectivity index (χ3v) is 11.1. The van der Waals surface area contributed by atoms with E-state index in [1.807, 2.05) is 36.4 Å². The second-order valence-electron chi connectivity index (χ2n) is 13.9. The molecule has 0 unspecified atom stereocenters. The van der Waals surface area contributed by atoms with Gasteiger partial charge in [0, 0.05) is 43.7 Å². The van der Waals surface area contributed by atoms with Crippen molar-refractivity contribution in [1.29, 1.82) is 5.26 Å². The first-order chi connectivity index (χ1) is 27.2. The molecule has 3 aromatic heterocycles. The highest BCUT2D eigenvalue weighted by Crippen LogP contribution is 2.42. The smallest absolute Gasteiger partial charge is 0.211 e. The second-order valence-corrected chi connectivity index (χ2v) is 13.9. The number of fused-ring (bicyclic) bond motifs is 9. The van der Waals surface area contributed by atoms with E-state index in [9.17, 15) is 5.26 Å². The van der Waals surface area contributed by atoms with E-state index in [2.05, 4.69) is 164 Å². The first-order valence-corrected chi connectivity index (χ1v) is 18.3. The van der Waals surface area contributed by atoms with E-state index in [0.29, 0.717) is 11.3 Å². The Bertz CT molecular complexity index is 3400. The average molecular weight is 700 g/mol. The molecule has 11 rings (SSSR count). The van der Waals surface area contributed by atoms with Crippen LogP contribution in [0.4, 0.5) is 5.69 Å². The summed E-state index contributed by atoms with van der Waals surface area (Å²) in [5, 5.41) is 17.1. The van der Waals surface area contributed by atoms with Crippen molar-refractivity contribution in [2.45, 2.75) is 0 Å². The maximum atomic E-state index is 10.2. The Labute approximate surface area is 316 Å². The van der Waals surface area contributed by atoms with Crippen molar-refractivity contribution < 1.29 is 0 Å². The largest absolute Gasteiger partial charge is 0.317 e. The van der Waals surface area contributed by atoms with Crippen molar-refractivity contribution in [2.24, 2.45) is 0 Å². The molecule has 0 radical (unpaired) electrons.